The number of aryl methyl sites for hydroxylation is 1. The second-order valence-electron chi connectivity index (χ2n) is 4.05. The predicted octanol–water partition coefficient (Wildman–Crippen LogP) is 2.47. The van der Waals surface area contributed by atoms with Gasteiger partial charge in [0.05, 0.1) is 18.6 Å². The maximum absolute atomic E-state index is 13.0. The largest absolute Gasteiger partial charge is 0.472 e. The molecule has 3 N–H and O–H groups in total. The van der Waals surface area contributed by atoms with E-state index in [-0.39, 0.29) is 11.9 Å². The van der Waals surface area contributed by atoms with Crippen molar-refractivity contribution in [3.63, 3.8) is 0 Å². The fourth-order valence-electron chi connectivity index (χ4n) is 1.85. The summed E-state index contributed by atoms with van der Waals surface area (Å²) in [5.41, 5.74) is 5.71. The number of nitrogens with two attached hydrogens (primary N) is 1. The Hall–Kier alpha value is -1.65. The first-order valence-electron chi connectivity index (χ1n) is 5.44. The molecule has 2 rings (SSSR count). The molecule has 0 saturated heterocycles. The van der Waals surface area contributed by atoms with E-state index < -0.39 is 0 Å². The highest BCUT2D eigenvalue weighted by Gasteiger charge is 2.13. The quantitative estimate of drug-likeness (QED) is 0.631. The minimum atomic E-state index is -0.216. The zero-order valence-corrected chi connectivity index (χ0v) is 9.61. The van der Waals surface area contributed by atoms with Crippen molar-refractivity contribution < 1.29 is 8.81 Å². The van der Waals surface area contributed by atoms with Gasteiger partial charge in [0.1, 0.15) is 5.82 Å². The van der Waals surface area contributed by atoms with Gasteiger partial charge in [-0.2, -0.15) is 0 Å². The maximum atomic E-state index is 13.0. The van der Waals surface area contributed by atoms with Gasteiger partial charge in [-0.15, -0.1) is 0 Å². The van der Waals surface area contributed by atoms with Gasteiger partial charge in [-0.1, -0.05) is 6.07 Å². The van der Waals surface area contributed by atoms with Crippen LogP contribution in [0, 0.1) is 12.7 Å². The van der Waals surface area contributed by atoms with Gasteiger partial charge in [0.25, 0.3) is 0 Å². The molecular formula is C13H15FN2O. The van der Waals surface area contributed by atoms with Gasteiger partial charge in [0.15, 0.2) is 0 Å². The molecule has 0 radical (unpaired) electrons. The molecule has 4 heteroatoms. The zero-order chi connectivity index (χ0) is 12.3. The standard InChI is InChI=1S/C13H15FN2O/c1-9-6-12(14)3-2-10(9)7-13(16-15)11-4-5-17-8-11/h2-6,8,13,16H,7,15H2,1H3. The third-order valence-corrected chi connectivity index (χ3v) is 2.88. The minimum Gasteiger partial charge on any atom is -0.472 e. The van der Waals surface area contributed by atoms with Crippen LogP contribution < -0.4 is 11.3 Å². The van der Waals surface area contributed by atoms with Crippen LogP contribution in [0.1, 0.15) is 22.7 Å². The summed E-state index contributed by atoms with van der Waals surface area (Å²) in [6, 6.07) is 6.61. The molecule has 1 unspecified atom stereocenters. The van der Waals surface area contributed by atoms with E-state index in [0.717, 1.165) is 16.7 Å². The molecule has 0 bridgehead atoms. The van der Waals surface area contributed by atoms with Crippen molar-refractivity contribution in [1.82, 2.24) is 5.43 Å². The molecule has 17 heavy (non-hydrogen) atoms. The number of hydrazine groups is 1. The molecular weight excluding hydrogens is 219 g/mol. The van der Waals surface area contributed by atoms with Crippen molar-refractivity contribution in [2.24, 2.45) is 5.84 Å². The average Bonchev–Trinajstić information content (AvgIpc) is 2.81. The lowest BCUT2D eigenvalue weighted by Crippen LogP contribution is -2.29. The lowest BCUT2D eigenvalue weighted by molar-refractivity contribution is 0.524. The third kappa shape index (κ3) is 2.72. The molecule has 1 aromatic carbocycles. The highest BCUT2D eigenvalue weighted by molar-refractivity contribution is 5.29. The summed E-state index contributed by atoms with van der Waals surface area (Å²) >= 11 is 0. The van der Waals surface area contributed by atoms with Crippen LogP contribution in [-0.4, -0.2) is 0 Å². The molecule has 90 valence electrons. The van der Waals surface area contributed by atoms with E-state index in [4.69, 9.17) is 10.3 Å². The Kier molecular flexibility index (Phi) is 3.56. The van der Waals surface area contributed by atoms with Gasteiger partial charge >= 0.3 is 0 Å². The van der Waals surface area contributed by atoms with E-state index >= 15 is 0 Å². The van der Waals surface area contributed by atoms with Gasteiger partial charge in [0.2, 0.25) is 0 Å². The molecule has 0 amide bonds. The van der Waals surface area contributed by atoms with Crippen LogP contribution in [0.3, 0.4) is 0 Å². The van der Waals surface area contributed by atoms with Gasteiger partial charge in [0, 0.05) is 5.56 Å². The van der Waals surface area contributed by atoms with Gasteiger partial charge in [-0.05, 0) is 42.7 Å². The highest BCUT2D eigenvalue weighted by Crippen LogP contribution is 2.20. The Bertz CT molecular complexity index is 482. The molecule has 0 saturated carbocycles. The number of nitrogens with one attached hydrogen (secondary N) is 1. The van der Waals surface area contributed by atoms with E-state index in [9.17, 15) is 4.39 Å². The second-order valence-corrected chi connectivity index (χ2v) is 4.05. The van der Waals surface area contributed by atoms with Gasteiger partial charge in [-0.3, -0.25) is 11.3 Å². The van der Waals surface area contributed by atoms with Crippen LogP contribution in [0.4, 0.5) is 4.39 Å². The summed E-state index contributed by atoms with van der Waals surface area (Å²) in [4.78, 5) is 0. The van der Waals surface area contributed by atoms with E-state index in [2.05, 4.69) is 5.43 Å². The topological polar surface area (TPSA) is 51.2 Å². The van der Waals surface area contributed by atoms with Crippen molar-refractivity contribution in [2.45, 2.75) is 19.4 Å². The fraction of sp³-hybridized carbons (Fsp3) is 0.231. The summed E-state index contributed by atoms with van der Waals surface area (Å²) in [5.74, 6) is 5.31. The smallest absolute Gasteiger partial charge is 0.123 e. The summed E-state index contributed by atoms with van der Waals surface area (Å²) < 4.78 is 18.0. The molecule has 0 aliphatic rings. The Morgan fingerprint density at radius 2 is 2.24 bits per heavy atom. The normalized spacial score (nSPS) is 12.6. The van der Waals surface area contributed by atoms with Crippen molar-refractivity contribution in [1.29, 1.82) is 0 Å². The first-order chi connectivity index (χ1) is 8.20. The molecule has 1 heterocycles. The number of furan rings is 1. The maximum Gasteiger partial charge on any atom is 0.123 e. The summed E-state index contributed by atoms with van der Waals surface area (Å²) in [5, 5.41) is 0. The lowest BCUT2D eigenvalue weighted by atomic mass is 9.98. The summed E-state index contributed by atoms with van der Waals surface area (Å²) in [7, 11) is 0. The number of hydrogen-bond donors (Lipinski definition) is 2. The third-order valence-electron chi connectivity index (χ3n) is 2.88. The van der Waals surface area contributed by atoms with Crippen molar-refractivity contribution >= 4 is 0 Å². The monoisotopic (exact) mass is 234 g/mol. The molecule has 2 aromatic rings. The predicted molar refractivity (Wildman–Crippen MR) is 63.6 cm³/mol. The van der Waals surface area contributed by atoms with Crippen LogP contribution in [0.15, 0.2) is 41.2 Å². The molecule has 1 atom stereocenters. The first kappa shape index (κ1) is 11.8. The molecule has 0 fully saturated rings. The van der Waals surface area contributed by atoms with E-state index in [1.807, 2.05) is 13.0 Å². The Labute approximate surface area is 99.4 Å². The van der Waals surface area contributed by atoms with Gasteiger partial charge in [-0.25, -0.2) is 4.39 Å². The van der Waals surface area contributed by atoms with Gasteiger partial charge < -0.3 is 4.42 Å². The molecule has 3 nitrogen and oxygen atoms in total. The number of hydrogen-bond acceptors (Lipinski definition) is 3. The molecule has 0 aliphatic heterocycles. The molecule has 0 spiro atoms. The van der Waals surface area contributed by atoms with Crippen molar-refractivity contribution in [3.05, 3.63) is 59.3 Å². The first-order valence-corrected chi connectivity index (χ1v) is 5.44. The number of benzene rings is 1. The molecule has 0 aliphatic carbocycles. The minimum absolute atomic E-state index is 0.0297. The van der Waals surface area contributed by atoms with Crippen LogP contribution in [-0.2, 0) is 6.42 Å². The van der Waals surface area contributed by atoms with E-state index in [1.165, 1.54) is 12.1 Å². The highest BCUT2D eigenvalue weighted by atomic mass is 19.1. The Balaban J connectivity index is 2.19. The fourth-order valence-corrected chi connectivity index (χ4v) is 1.85. The SMILES string of the molecule is Cc1cc(F)ccc1CC(NN)c1ccoc1. The van der Waals surface area contributed by atoms with Crippen LogP contribution in [0.2, 0.25) is 0 Å². The number of halogens is 1. The van der Waals surface area contributed by atoms with Crippen molar-refractivity contribution in [2.75, 3.05) is 0 Å². The average molecular weight is 234 g/mol. The summed E-state index contributed by atoms with van der Waals surface area (Å²) in [6.45, 7) is 1.89. The van der Waals surface area contributed by atoms with E-state index in [0.29, 0.717) is 6.42 Å². The molecule has 1 aromatic heterocycles. The lowest BCUT2D eigenvalue weighted by Gasteiger charge is -2.15. The van der Waals surface area contributed by atoms with Crippen LogP contribution >= 0.6 is 0 Å². The Morgan fingerprint density at radius 3 is 2.82 bits per heavy atom. The Morgan fingerprint density at radius 1 is 1.41 bits per heavy atom. The van der Waals surface area contributed by atoms with Crippen molar-refractivity contribution in [3.8, 4) is 0 Å². The van der Waals surface area contributed by atoms with E-state index in [1.54, 1.807) is 18.6 Å². The summed E-state index contributed by atoms with van der Waals surface area (Å²) in [6.07, 6.45) is 3.96. The van der Waals surface area contributed by atoms with Crippen LogP contribution in [0.5, 0.6) is 0 Å². The second kappa shape index (κ2) is 5.12. The zero-order valence-electron chi connectivity index (χ0n) is 9.61. The number of rotatable bonds is 4. The van der Waals surface area contributed by atoms with Crippen LogP contribution in [0.25, 0.3) is 0 Å².